The van der Waals surface area contributed by atoms with E-state index < -0.39 is 0 Å². The second-order valence-corrected chi connectivity index (χ2v) is 4.74. The SMILES string of the molecule is CCOC1CCCN(c2nnccc2C(N)=S)C1. The fraction of sp³-hybridized carbons (Fsp3) is 0.583. The fourth-order valence-electron chi connectivity index (χ4n) is 2.25. The molecule has 18 heavy (non-hydrogen) atoms. The van der Waals surface area contributed by atoms with Gasteiger partial charge in [-0.1, -0.05) is 12.2 Å². The van der Waals surface area contributed by atoms with Crippen LogP contribution in [0.5, 0.6) is 0 Å². The van der Waals surface area contributed by atoms with Crippen molar-refractivity contribution in [1.82, 2.24) is 10.2 Å². The van der Waals surface area contributed by atoms with Gasteiger partial charge in [0, 0.05) is 19.7 Å². The predicted octanol–water partition coefficient (Wildman–Crippen LogP) is 1.12. The third-order valence-electron chi connectivity index (χ3n) is 3.05. The Bertz CT molecular complexity index is 424. The number of rotatable bonds is 4. The molecule has 0 saturated carbocycles. The molecule has 1 unspecified atom stereocenters. The Kier molecular flexibility index (Phi) is 4.43. The number of hydrogen-bond donors (Lipinski definition) is 1. The van der Waals surface area contributed by atoms with Crippen molar-refractivity contribution in [3.05, 3.63) is 17.8 Å². The lowest BCUT2D eigenvalue weighted by Gasteiger charge is -2.33. The molecule has 6 heteroatoms. The van der Waals surface area contributed by atoms with Gasteiger partial charge in [0.05, 0.1) is 17.9 Å². The molecule has 0 aromatic carbocycles. The number of anilines is 1. The summed E-state index contributed by atoms with van der Waals surface area (Å²) < 4.78 is 5.68. The molecule has 0 aliphatic carbocycles. The third-order valence-corrected chi connectivity index (χ3v) is 3.27. The molecule has 1 saturated heterocycles. The maximum absolute atomic E-state index is 5.72. The van der Waals surface area contributed by atoms with Crippen LogP contribution in [0.1, 0.15) is 25.3 Å². The van der Waals surface area contributed by atoms with Crippen LogP contribution >= 0.6 is 12.2 Å². The van der Waals surface area contributed by atoms with Crippen LogP contribution in [-0.4, -0.2) is 41.0 Å². The Morgan fingerprint density at radius 3 is 3.22 bits per heavy atom. The quantitative estimate of drug-likeness (QED) is 0.824. The Morgan fingerprint density at radius 2 is 2.50 bits per heavy atom. The molecule has 1 fully saturated rings. The van der Waals surface area contributed by atoms with Crippen LogP contribution in [0.4, 0.5) is 5.82 Å². The van der Waals surface area contributed by atoms with E-state index in [4.69, 9.17) is 22.7 Å². The van der Waals surface area contributed by atoms with Gasteiger partial charge in [-0.15, -0.1) is 5.10 Å². The number of thiocarbonyl (C=S) groups is 1. The molecular weight excluding hydrogens is 248 g/mol. The summed E-state index contributed by atoms with van der Waals surface area (Å²) in [5.41, 5.74) is 6.51. The normalized spacial score (nSPS) is 19.8. The van der Waals surface area contributed by atoms with E-state index in [0.29, 0.717) is 4.99 Å². The number of piperidine rings is 1. The molecule has 0 spiro atoms. The first-order valence-corrected chi connectivity index (χ1v) is 6.61. The van der Waals surface area contributed by atoms with Crippen molar-refractivity contribution in [3.63, 3.8) is 0 Å². The van der Waals surface area contributed by atoms with Gasteiger partial charge in [0.1, 0.15) is 4.99 Å². The number of ether oxygens (including phenoxy) is 1. The maximum Gasteiger partial charge on any atom is 0.161 e. The van der Waals surface area contributed by atoms with Crippen molar-refractivity contribution < 1.29 is 4.74 Å². The van der Waals surface area contributed by atoms with Gasteiger partial charge in [-0.2, -0.15) is 5.10 Å². The third kappa shape index (κ3) is 2.94. The Hall–Kier alpha value is -1.27. The molecule has 1 atom stereocenters. The minimum Gasteiger partial charge on any atom is -0.389 e. The van der Waals surface area contributed by atoms with Gasteiger partial charge in [-0.25, -0.2) is 0 Å². The monoisotopic (exact) mass is 266 g/mol. The van der Waals surface area contributed by atoms with Gasteiger partial charge in [-0.3, -0.25) is 0 Å². The predicted molar refractivity (Wildman–Crippen MR) is 74.8 cm³/mol. The van der Waals surface area contributed by atoms with E-state index in [2.05, 4.69) is 15.1 Å². The maximum atomic E-state index is 5.72. The van der Waals surface area contributed by atoms with Crippen molar-refractivity contribution in [2.24, 2.45) is 5.73 Å². The van der Waals surface area contributed by atoms with Crippen molar-refractivity contribution >= 4 is 23.0 Å². The molecule has 0 bridgehead atoms. The molecule has 1 aliphatic rings. The van der Waals surface area contributed by atoms with Crippen LogP contribution in [0.15, 0.2) is 12.3 Å². The van der Waals surface area contributed by atoms with E-state index in [0.717, 1.165) is 43.9 Å². The standard InChI is InChI=1S/C12H18N4OS/c1-2-17-9-4-3-7-16(8-9)12-10(11(13)18)5-6-14-15-12/h5-6,9H,2-4,7-8H2,1H3,(H2,13,18). The summed E-state index contributed by atoms with van der Waals surface area (Å²) in [6.07, 6.45) is 4.04. The molecule has 98 valence electrons. The molecule has 2 N–H and O–H groups in total. The lowest BCUT2D eigenvalue weighted by molar-refractivity contribution is 0.0525. The molecule has 0 radical (unpaired) electrons. The summed E-state index contributed by atoms with van der Waals surface area (Å²) in [5, 5.41) is 8.10. The zero-order chi connectivity index (χ0) is 13.0. The van der Waals surface area contributed by atoms with Gasteiger partial charge in [0.15, 0.2) is 5.82 Å². The fourth-order valence-corrected chi connectivity index (χ4v) is 2.41. The summed E-state index contributed by atoms with van der Waals surface area (Å²) in [6.45, 7) is 4.52. The van der Waals surface area contributed by atoms with E-state index in [-0.39, 0.29) is 6.10 Å². The summed E-state index contributed by atoms with van der Waals surface area (Å²) in [4.78, 5) is 2.52. The summed E-state index contributed by atoms with van der Waals surface area (Å²) in [6, 6.07) is 1.81. The highest BCUT2D eigenvalue weighted by Crippen LogP contribution is 2.22. The smallest absolute Gasteiger partial charge is 0.161 e. The molecule has 2 heterocycles. The first-order chi connectivity index (χ1) is 8.72. The van der Waals surface area contributed by atoms with E-state index in [9.17, 15) is 0 Å². The van der Waals surface area contributed by atoms with Crippen LogP contribution in [0.25, 0.3) is 0 Å². The Labute approximate surface area is 112 Å². The number of nitrogens with zero attached hydrogens (tertiary/aromatic N) is 3. The van der Waals surface area contributed by atoms with Crippen LogP contribution in [0, 0.1) is 0 Å². The minimum absolute atomic E-state index is 0.255. The number of nitrogens with two attached hydrogens (primary N) is 1. The van der Waals surface area contributed by atoms with Gasteiger partial charge in [0.25, 0.3) is 0 Å². The highest BCUT2D eigenvalue weighted by molar-refractivity contribution is 7.80. The van der Waals surface area contributed by atoms with Crippen molar-refractivity contribution in [1.29, 1.82) is 0 Å². The molecule has 5 nitrogen and oxygen atoms in total. The highest BCUT2D eigenvalue weighted by atomic mass is 32.1. The highest BCUT2D eigenvalue weighted by Gasteiger charge is 2.23. The molecule has 2 rings (SSSR count). The lowest BCUT2D eigenvalue weighted by Crippen LogP contribution is -2.41. The first kappa shape index (κ1) is 13.2. The number of aromatic nitrogens is 2. The van der Waals surface area contributed by atoms with Crippen molar-refractivity contribution in [3.8, 4) is 0 Å². The van der Waals surface area contributed by atoms with Crippen LogP contribution < -0.4 is 10.6 Å². The van der Waals surface area contributed by atoms with E-state index >= 15 is 0 Å². The van der Waals surface area contributed by atoms with Crippen LogP contribution in [0.3, 0.4) is 0 Å². The molecule has 1 aliphatic heterocycles. The molecule has 0 amide bonds. The molecular formula is C12H18N4OS. The second kappa shape index (κ2) is 6.06. The summed E-state index contributed by atoms with van der Waals surface area (Å²) in [7, 11) is 0. The van der Waals surface area contributed by atoms with Crippen LogP contribution in [0.2, 0.25) is 0 Å². The van der Waals surface area contributed by atoms with Gasteiger partial charge in [0.2, 0.25) is 0 Å². The van der Waals surface area contributed by atoms with Crippen LogP contribution in [-0.2, 0) is 4.74 Å². The van der Waals surface area contributed by atoms with Gasteiger partial charge >= 0.3 is 0 Å². The van der Waals surface area contributed by atoms with Crippen molar-refractivity contribution in [2.45, 2.75) is 25.9 Å². The zero-order valence-corrected chi connectivity index (χ0v) is 11.3. The van der Waals surface area contributed by atoms with Gasteiger partial charge < -0.3 is 15.4 Å². The summed E-state index contributed by atoms with van der Waals surface area (Å²) in [5.74, 6) is 0.773. The van der Waals surface area contributed by atoms with E-state index in [1.807, 2.05) is 13.0 Å². The molecule has 1 aromatic rings. The Morgan fingerprint density at radius 1 is 1.67 bits per heavy atom. The second-order valence-electron chi connectivity index (χ2n) is 4.30. The average Bonchev–Trinajstić information content (AvgIpc) is 2.39. The number of hydrogen-bond acceptors (Lipinski definition) is 5. The lowest BCUT2D eigenvalue weighted by atomic mass is 10.1. The van der Waals surface area contributed by atoms with Gasteiger partial charge in [-0.05, 0) is 25.8 Å². The zero-order valence-electron chi connectivity index (χ0n) is 10.5. The first-order valence-electron chi connectivity index (χ1n) is 6.20. The average molecular weight is 266 g/mol. The van der Waals surface area contributed by atoms with E-state index in [1.165, 1.54) is 0 Å². The molecule has 1 aromatic heterocycles. The largest absolute Gasteiger partial charge is 0.389 e. The van der Waals surface area contributed by atoms with Crippen molar-refractivity contribution in [2.75, 3.05) is 24.6 Å². The van der Waals surface area contributed by atoms with E-state index in [1.54, 1.807) is 6.20 Å². The Balaban J connectivity index is 2.18. The minimum atomic E-state index is 0.255. The summed E-state index contributed by atoms with van der Waals surface area (Å²) >= 11 is 5.05. The topological polar surface area (TPSA) is 64.3 Å².